The molecule has 0 fully saturated rings. The molecule has 0 aliphatic carbocycles. The lowest BCUT2D eigenvalue weighted by atomic mass is 10.3. The van der Waals surface area contributed by atoms with E-state index in [9.17, 15) is 0 Å². The first-order valence-corrected chi connectivity index (χ1v) is 6.86. The van der Waals surface area contributed by atoms with Gasteiger partial charge in [0.1, 0.15) is 5.76 Å². The molecule has 0 unspecified atom stereocenters. The third kappa shape index (κ3) is 2.95. The fraction of sp³-hybridized carbons (Fsp3) is 0.125. The number of hydrogen-bond acceptors (Lipinski definition) is 2. The highest BCUT2D eigenvalue weighted by atomic mass is 35.5. The van der Waals surface area contributed by atoms with Gasteiger partial charge in [-0.3, -0.25) is 0 Å². The summed E-state index contributed by atoms with van der Waals surface area (Å²) in [5, 5.41) is 4.12. The highest BCUT2D eigenvalue weighted by Gasteiger charge is 2.03. The van der Waals surface area contributed by atoms with Gasteiger partial charge in [-0.1, -0.05) is 11.6 Å². The molecule has 2 heterocycles. The number of benzene rings is 1. The monoisotopic (exact) mass is 286 g/mol. The molecular weight excluding hydrogens is 272 g/mol. The van der Waals surface area contributed by atoms with Crippen molar-refractivity contribution in [2.75, 3.05) is 0 Å². The fourth-order valence-corrected chi connectivity index (χ4v) is 2.27. The average molecular weight is 287 g/mol. The Morgan fingerprint density at radius 1 is 1.00 bits per heavy atom. The van der Waals surface area contributed by atoms with Gasteiger partial charge in [-0.15, -0.1) is 0 Å². The van der Waals surface area contributed by atoms with Crippen LogP contribution >= 0.6 is 11.6 Å². The van der Waals surface area contributed by atoms with Gasteiger partial charge in [0.15, 0.2) is 0 Å². The van der Waals surface area contributed by atoms with Crippen molar-refractivity contribution in [1.29, 1.82) is 0 Å². The maximum Gasteiger partial charge on any atom is 0.117 e. The summed E-state index contributed by atoms with van der Waals surface area (Å²) in [5.41, 5.74) is 2.30. The zero-order chi connectivity index (χ0) is 13.8. The van der Waals surface area contributed by atoms with Crippen molar-refractivity contribution in [2.24, 2.45) is 0 Å². The molecule has 102 valence electrons. The van der Waals surface area contributed by atoms with Crippen LogP contribution in [0.2, 0.25) is 5.02 Å². The topological polar surface area (TPSA) is 30.1 Å². The lowest BCUT2D eigenvalue weighted by molar-refractivity contribution is 0.481. The van der Waals surface area contributed by atoms with Crippen molar-refractivity contribution in [3.8, 4) is 5.69 Å². The summed E-state index contributed by atoms with van der Waals surface area (Å²) in [6, 6.07) is 15.8. The normalized spacial score (nSPS) is 10.8. The van der Waals surface area contributed by atoms with Crippen LogP contribution < -0.4 is 5.32 Å². The van der Waals surface area contributed by atoms with E-state index in [1.807, 2.05) is 48.7 Å². The van der Waals surface area contributed by atoms with E-state index >= 15 is 0 Å². The van der Waals surface area contributed by atoms with E-state index in [-0.39, 0.29) is 0 Å². The Morgan fingerprint density at radius 3 is 2.60 bits per heavy atom. The molecule has 0 atom stereocenters. The Balaban J connectivity index is 1.68. The summed E-state index contributed by atoms with van der Waals surface area (Å²) in [6.45, 7) is 1.50. The SMILES string of the molecule is Clc1ccc(-n2cccc2CNCc2ccco2)cc1. The number of halogens is 1. The Bertz CT molecular complexity index is 656. The second-order valence-corrected chi connectivity index (χ2v) is 4.97. The third-order valence-corrected chi connectivity index (χ3v) is 3.38. The maximum absolute atomic E-state index is 5.92. The molecule has 4 heteroatoms. The number of nitrogens with one attached hydrogen (secondary N) is 1. The zero-order valence-corrected chi connectivity index (χ0v) is 11.7. The molecule has 2 aromatic heterocycles. The summed E-state index contributed by atoms with van der Waals surface area (Å²) in [5.74, 6) is 0.939. The zero-order valence-electron chi connectivity index (χ0n) is 10.9. The van der Waals surface area contributed by atoms with Gasteiger partial charge in [0.2, 0.25) is 0 Å². The van der Waals surface area contributed by atoms with E-state index in [4.69, 9.17) is 16.0 Å². The molecule has 0 saturated heterocycles. The van der Waals surface area contributed by atoms with E-state index in [2.05, 4.69) is 16.0 Å². The molecule has 0 spiro atoms. The summed E-state index contributed by atoms with van der Waals surface area (Å²) >= 11 is 5.92. The van der Waals surface area contributed by atoms with Gasteiger partial charge in [-0.25, -0.2) is 0 Å². The second kappa shape index (κ2) is 5.99. The minimum Gasteiger partial charge on any atom is -0.468 e. The first kappa shape index (κ1) is 13.0. The van der Waals surface area contributed by atoms with Crippen molar-refractivity contribution >= 4 is 11.6 Å². The van der Waals surface area contributed by atoms with E-state index in [1.54, 1.807) is 6.26 Å². The summed E-state index contributed by atoms with van der Waals surface area (Å²) in [4.78, 5) is 0. The number of aromatic nitrogens is 1. The first-order valence-electron chi connectivity index (χ1n) is 6.48. The molecule has 0 radical (unpaired) electrons. The van der Waals surface area contributed by atoms with E-state index in [0.717, 1.165) is 29.6 Å². The van der Waals surface area contributed by atoms with Gasteiger partial charge in [0.25, 0.3) is 0 Å². The summed E-state index contributed by atoms with van der Waals surface area (Å²) in [6.07, 6.45) is 3.74. The quantitative estimate of drug-likeness (QED) is 0.768. The van der Waals surface area contributed by atoms with Gasteiger partial charge >= 0.3 is 0 Å². The van der Waals surface area contributed by atoms with Gasteiger partial charge in [0, 0.05) is 29.1 Å². The number of nitrogens with zero attached hydrogens (tertiary/aromatic N) is 1. The van der Waals surface area contributed by atoms with Gasteiger partial charge < -0.3 is 14.3 Å². The third-order valence-electron chi connectivity index (χ3n) is 3.12. The van der Waals surface area contributed by atoms with Crippen molar-refractivity contribution < 1.29 is 4.42 Å². The predicted molar refractivity (Wildman–Crippen MR) is 80.0 cm³/mol. The lowest BCUT2D eigenvalue weighted by Gasteiger charge is -2.10. The number of furan rings is 1. The maximum atomic E-state index is 5.92. The van der Waals surface area contributed by atoms with Crippen LogP contribution in [0, 0.1) is 0 Å². The van der Waals surface area contributed by atoms with Crippen molar-refractivity contribution in [1.82, 2.24) is 9.88 Å². The van der Waals surface area contributed by atoms with Crippen LogP contribution in [0.3, 0.4) is 0 Å². The summed E-state index contributed by atoms with van der Waals surface area (Å²) in [7, 11) is 0. The molecular formula is C16H15ClN2O. The molecule has 20 heavy (non-hydrogen) atoms. The van der Waals surface area contributed by atoms with Crippen LogP contribution in [-0.4, -0.2) is 4.57 Å². The average Bonchev–Trinajstić information content (AvgIpc) is 3.11. The van der Waals surface area contributed by atoms with Gasteiger partial charge in [0.05, 0.1) is 12.8 Å². The molecule has 0 saturated carbocycles. The molecule has 3 nitrogen and oxygen atoms in total. The molecule has 3 rings (SSSR count). The van der Waals surface area contributed by atoms with Gasteiger partial charge in [-0.2, -0.15) is 0 Å². The Labute approximate surface area is 122 Å². The predicted octanol–water partition coefficient (Wildman–Crippen LogP) is 4.01. The van der Waals surface area contributed by atoms with Crippen LogP contribution in [-0.2, 0) is 13.1 Å². The molecule has 0 amide bonds. The minimum absolute atomic E-state index is 0.721. The minimum atomic E-state index is 0.721. The largest absolute Gasteiger partial charge is 0.468 e. The number of rotatable bonds is 5. The van der Waals surface area contributed by atoms with E-state index < -0.39 is 0 Å². The van der Waals surface area contributed by atoms with Gasteiger partial charge in [-0.05, 0) is 48.5 Å². The van der Waals surface area contributed by atoms with Crippen LogP contribution in [0.5, 0.6) is 0 Å². The highest BCUT2D eigenvalue weighted by molar-refractivity contribution is 6.30. The van der Waals surface area contributed by atoms with E-state index in [0.29, 0.717) is 0 Å². The fourth-order valence-electron chi connectivity index (χ4n) is 2.14. The molecule has 0 bridgehead atoms. The second-order valence-electron chi connectivity index (χ2n) is 4.53. The standard InChI is InChI=1S/C16H15ClN2O/c17-13-5-7-14(8-6-13)19-9-1-3-15(19)11-18-12-16-4-2-10-20-16/h1-10,18H,11-12H2. The van der Waals surface area contributed by atoms with Crippen LogP contribution in [0.4, 0.5) is 0 Å². The summed E-state index contributed by atoms with van der Waals surface area (Å²) < 4.78 is 7.44. The molecule has 0 aliphatic rings. The van der Waals surface area contributed by atoms with Crippen LogP contribution in [0.25, 0.3) is 5.69 Å². The smallest absolute Gasteiger partial charge is 0.117 e. The lowest BCUT2D eigenvalue weighted by Crippen LogP contribution is -2.14. The van der Waals surface area contributed by atoms with E-state index in [1.165, 1.54) is 5.69 Å². The molecule has 1 aromatic carbocycles. The van der Waals surface area contributed by atoms with Crippen LogP contribution in [0.1, 0.15) is 11.5 Å². The van der Waals surface area contributed by atoms with Crippen molar-refractivity contribution in [2.45, 2.75) is 13.1 Å². The van der Waals surface area contributed by atoms with Crippen molar-refractivity contribution in [3.05, 3.63) is 77.5 Å². The Kier molecular flexibility index (Phi) is 3.90. The first-order chi connectivity index (χ1) is 9.83. The Morgan fingerprint density at radius 2 is 1.85 bits per heavy atom. The number of hydrogen-bond donors (Lipinski definition) is 1. The Hall–Kier alpha value is -1.97. The molecule has 0 aliphatic heterocycles. The van der Waals surface area contributed by atoms with Crippen LogP contribution in [0.15, 0.2) is 65.4 Å². The highest BCUT2D eigenvalue weighted by Crippen LogP contribution is 2.16. The molecule has 1 N–H and O–H groups in total. The van der Waals surface area contributed by atoms with Crippen molar-refractivity contribution in [3.63, 3.8) is 0 Å². The molecule has 3 aromatic rings.